The number of hydrogen-bond donors (Lipinski definition) is 2. The second-order valence-electron chi connectivity index (χ2n) is 7.01. The predicted molar refractivity (Wildman–Crippen MR) is 90.0 cm³/mol. The van der Waals surface area contributed by atoms with Crippen molar-refractivity contribution in [3.63, 3.8) is 0 Å². The van der Waals surface area contributed by atoms with E-state index in [1.807, 2.05) is 0 Å². The van der Waals surface area contributed by atoms with Crippen molar-refractivity contribution in [3.05, 3.63) is 35.4 Å². The molecule has 2 fully saturated rings. The van der Waals surface area contributed by atoms with Crippen LogP contribution in [0.2, 0.25) is 0 Å². The van der Waals surface area contributed by atoms with Gasteiger partial charge in [-0.15, -0.1) is 0 Å². The van der Waals surface area contributed by atoms with Gasteiger partial charge in [0.25, 0.3) is 0 Å². The molecule has 1 saturated carbocycles. The van der Waals surface area contributed by atoms with Crippen LogP contribution >= 0.6 is 0 Å². The first-order valence-corrected chi connectivity index (χ1v) is 8.79. The molecular weight excluding hydrogens is 272 g/mol. The zero-order chi connectivity index (χ0) is 15.4. The zero-order valence-electron chi connectivity index (χ0n) is 13.7. The van der Waals surface area contributed by atoms with Gasteiger partial charge in [0.2, 0.25) is 5.91 Å². The van der Waals surface area contributed by atoms with E-state index in [0.717, 1.165) is 51.6 Å². The molecule has 120 valence electrons. The number of carbonyl (C=O) groups excluding carboxylic acids is 1. The Bertz CT molecular complexity index is 514. The number of carbonyl (C=O) groups is 1. The number of nitrogens with one attached hydrogen (secondary N) is 2. The maximum Gasteiger partial charge on any atom is 0.230 e. The van der Waals surface area contributed by atoms with Gasteiger partial charge in [-0.05, 0) is 51.3 Å². The van der Waals surface area contributed by atoms with E-state index >= 15 is 0 Å². The molecule has 3 heteroatoms. The van der Waals surface area contributed by atoms with Gasteiger partial charge >= 0.3 is 0 Å². The SMILES string of the molecule is Cc1cccc(C2(C(=O)NC3CCNCC3)CCCCC2)c1. The number of amides is 1. The minimum atomic E-state index is -0.296. The molecule has 0 atom stereocenters. The first-order valence-electron chi connectivity index (χ1n) is 8.79. The van der Waals surface area contributed by atoms with Crippen molar-refractivity contribution in [2.24, 2.45) is 0 Å². The van der Waals surface area contributed by atoms with Crippen molar-refractivity contribution in [1.29, 1.82) is 0 Å². The van der Waals surface area contributed by atoms with Crippen LogP contribution in [0.15, 0.2) is 24.3 Å². The van der Waals surface area contributed by atoms with E-state index < -0.39 is 0 Å². The molecule has 1 saturated heterocycles. The second kappa shape index (κ2) is 6.82. The van der Waals surface area contributed by atoms with Gasteiger partial charge in [-0.25, -0.2) is 0 Å². The molecule has 22 heavy (non-hydrogen) atoms. The third kappa shape index (κ3) is 3.19. The summed E-state index contributed by atoms with van der Waals surface area (Å²) in [6.07, 6.45) is 7.67. The third-order valence-corrected chi connectivity index (χ3v) is 5.39. The van der Waals surface area contributed by atoms with Gasteiger partial charge in [0.05, 0.1) is 5.41 Å². The maximum atomic E-state index is 13.2. The number of benzene rings is 1. The molecule has 3 rings (SSSR count). The van der Waals surface area contributed by atoms with Crippen LogP contribution in [-0.4, -0.2) is 25.0 Å². The molecule has 1 amide bonds. The van der Waals surface area contributed by atoms with Gasteiger partial charge in [-0.1, -0.05) is 49.1 Å². The Morgan fingerprint density at radius 2 is 1.91 bits per heavy atom. The lowest BCUT2D eigenvalue weighted by molar-refractivity contribution is -0.129. The molecule has 0 radical (unpaired) electrons. The van der Waals surface area contributed by atoms with Crippen molar-refractivity contribution in [3.8, 4) is 0 Å². The van der Waals surface area contributed by atoms with Crippen molar-refractivity contribution < 1.29 is 4.79 Å². The average Bonchev–Trinajstić information content (AvgIpc) is 2.56. The number of aryl methyl sites for hydroxylation is 1. The highest BCUT2D eigenvalue weighted by molar-refractivity contribution is 5.88. The van der Waals surface area contributed by atoms with E-state index in [0.29, 0.717) is 6.04 Å². The van der Waals surface area contributed by atoms with Gasteiger partial charge in [-0.3, -0.25) is 4.79 Å². The molecule has 2 N–H and O–H groups in total. The summed E-state index contributed by atoms with van der Waals surface area (Å²) in [5, 5.41) is 6.73. The Labute approximate surface area is 133 Å². The van der Waals surface area contributed by atoms with E-state index in [1.165, 1.54) is 17.5 Å². The van der Waals surface area contributed by atoms with Gasteiger partial charge in [0, 0.05) is 6.04 Å². The molecule has 0 unspecified atom stereocenters. The summed E-state index contributed by atoms with van der Waals surface area (Å²) in [6.45, 7) is 4.15. The molecule has 1 aromatic carbocycles. The van der Waals surface area contributed by atoms with E-state index in [-0.39, 0.29) is 11.3 Å². The van der Waals surface area contributed by atoms with Crippen LogP contribution in [0.1, 0.15) is 56.1 Å². The van der Waals surface area contributed by atoms with E-state index in [2.05, 4.69) is 41.8 Å². The minimum Gasteiger partial charge on any atom is -0.353 e. The Morgan fingerprint density at radius 3 is 2.59 bits per heavy atom. The Morgan fingerprint density at radius 1 is 1.18 bits per heavy atom. The normalized spacial score (nSPS) is 22.2. The quantitative estimate of drug-likeness (QED) is 0.901. The molecule has 0 bridgehead atoms. The predicted octanol–water partition coefficient (Wildman–Crippen LogP) is 3.07. The lowest BCUT2D eigenvalue weighted by atomic mass is 9.68. The lowest BCUT2D eigenvalue weighted by Crippen LogP contribution is -2.51. The minimum absolute atomic E-state index is 0.268. The monoisotopic (exact) mass is 300 g/mol. The molecular formula is C19H28N2O. The van der Waals surface area contributed by atoms with Gasteiger partial charge in [0.1, 0.15) is 0 Å². The summed E-state index contributed by atoms with van der Waals surface area (Å²) in [6, 6.07) is 8.93. The van der Waals surface area contributed by atoms with Crippen LogP contribution < -0.4 is 10.6 Å². The number of hydrogen-bond acceptors (Lipinski definition) is 2. The van der Waals surface area contributed by atoms with E-state index in [4.69, 9.17) is 0 Å². The van der Waals surface area contributed by atoms with Crippen LogP contribution in [0.3, 0.4) is 0 Å². The summed E-state index contributed by atoms with van der Waals surface area (Å²) in [5.74, 6) is 0.268. The van der Waals surface area contributed by atoms with Crippen molar-refractivity contribution >= 4 is 5.91 Å². The maximum absolute atomic E-state index is 13.2. The highest BCUT2D eigenvalue weighted by atomic mass is 16.2. The van der Waals surface area contributed by atoms with Crippen molar-refractivity contribution in [1.82, 2.24) is 10.6 Å². The number of piperidine rings is 1. The van der Waals surface area contributed by atoms with Gasteiger partial charge in [0.15, 0.2) is 0 Å². The lowest BCUT2D eigenvalue weighted by Gasteiger charge is -2.38. The van der Waals surface area contributed by atoms with E-state index in [9.17, 15) is 4.79 Å². The van der Waals surface area contributed by atoms with Crippen LogP contribution in [0.5, 0.6) is 0 Å². The standard InChI is InChI=1S/C19H28N2O/c1-15-6-5-7-16(14-15)19(10-3-2-4-11-19)18(22)21-17-8-12-20-13-9-17/h5-7,14,17,20H,2-4,8-13H2,1H3,(H,21,22). The smallest absolute Gasteiger partial charge is 0.230 e. The van der Waals surface area contributed by atoms with Crippen LogP contribution in [-0.2, 0) is 10.2 Å². The molecule has 0 aromatic heterocycles. The molecule has 1 heterocycles. The van der Waals surface area contributed by atoms with Crippen LogP contribution in [0, 0.1) is 6.92 Å². The molecule has 1 aliphatic carbocycles. The fourth-order valence-corrected chi connectivity index (χ4v) is 4.03. The van der Waals surface area contributed by atoms with E-state index in [1.54, 1.807) is 0 Å². The first-order chi connectivity index (χ1) is 10.7. The first kappa shape index (κ1) is 15.5. The summed E-state index contributed by atoms with van der Waals surface area (Å²) in [5.41, 5.74) is 2.17. The molecule has 0 spiro atoms. The summed E-state index contributed by atoms with van der Waals surface area (Å²) < 4.78 is 0. The third-order valence-electron chi connectivity index (χ3n) is 5.39. The van der Waals surface area contributed by atoms with Crippen LogP contribution in [0.4, 0.5) is 0 Å². The molecule has 1 aliphatic heterocycles. The Balaban J connectivity index is 1.83. The topological polar surface area (TPSA) is 41.1 Å². The molecule has 3 nitrogen and oxygen atoms in total. The summed E-state index contributed by atoms with van der Waals surface area (Å²) in [7, 11) is 0. The highest BCUT2D eigenvalue weighted by Crippen LogP contribution is 2.40. The van der Waals surface area contributed by atoms with Gasteiger partial charge < -0.3 is 10.6 Å². The fourth-order valence-electron chi connectivity index (χ4n) is 4.03. The second-order valence-corrected chi connectivity index (χ2v) is 7.01. The summed E-state index contributed by atoms with van der Waals surface area (Å²) >= 11 is 0. The summed E-state index contributed by atoms with van der Waals surface area (Å²) in [4.78, 5) is 13.2. The molecule has 1 aromatic rings. The van der Waals surface area contributed by atoms with Crippen molar-refractivity contribution in [2.75, 3.05) is 13.1 Å². The zero-order valence-corrected chi connectivity index (χ0v) is 13.7. The number of rotatable bonds is 3. The van der Waals surface area contributed by atoms with Crippen LogP contribution in [0.25, 0.3) is 0 Å². The highest BCUT2D eigenvalue weighted by Gasteiger charge is 2.41. The largest absolute Gasteiger partial charge is 0.353 e. The van der Waals surface area contributed by atoms with Crippen molar-refractivity contribution in [2.45, 2.75) is 63.3 Å². The fraction of sp³-hybridized carbons (Fsp3) is 0.632. The molecule has 2 aliphatic rings. The average molecular weight is 300 g/mol. The van der Waals surface area contributed by atoms with Gasteiger partial charge in [-0.2, -0.15) is 0 Å². The Hall–Kier alpha value is -1.35. The Kier molecular flexibility index (Phi) is 4.82.